The van der Waals surface area contributed by atoms with Gasteiger partial charge in [0.2, 0.25) is 0 Å². The Morgan fingerprint density at radius 2 is 1.29 bits per heavy atom. The molecule has 0 amide bonds. The number of aromatic nitrogens is 1. The molecular formula is C21H17NO2. The van der Waals surface area contributed by atoms with E-state index in [0.717, 1.165) is 48.6 Å². The molecule has 5 rings (SSSR count). The van der Waals surface area contributed by atoms with Gasteiger partial charge in [0, 0.05) is 0 Å². The number of nitrogens with zero attached hydrogens (tertiary/aromatic N) is 1. The Hall–Kier alpha value is -2.81. The SMILES string of the molecule is C(=C1CCc2cc3c(nc21)C(=Cc1ccco1)CC3)c1ccco1. The number of pyridine rings is 1. The van der Waals surface area contributed by atoms with E-state index < -0.39 is 0 Å². The summed E-state index contributed by atoms with van der Waals surface area (Å²) in [5.41, 5.74) is 7.55. The highest BCUT2D eigenvalue weighted by Gasteiger charge is 2.25. The standard InChI is InChI=1S/C21H17NO2/c1-3-18(23-9-1)12-16-7-5-14-11-15-6-8-17(21(15)22-20(14)16)13-19-4-2-10-24-19/h1-4,9-13H,5-8H2. The smallest absolute Gasteiger partial charge is 0.126 e. The Morgan fingerprint density at radius 1 is 0.750 bits per heavy atom. The Bertz CT molecular complexity index is 869. The van der Waals surface area contributed by atoms with E-state index in [1.165, 1.54) is 22.3 Å². The van der Waals surface area contributed by atoms with E-state index in [0.29, 0.717) is 0 Å². The normalized spacial score (nSPS) is 19.2. The lowest BCUT2D eigenvalue weighted by atomic mass is 10.1. The topological polar surface area (TPSA) is 39.2 Å². The van der Waals surface area contributed by atoms with E-state index in [1.54, 1.807) is 12.5 Å². The number of hydrogen-bond acceptors (Lipinski definition) is 3. The Kier molecular flexibility index (Phi) is 3.05. The molecule has 3 heterocycles. The number of aryl methyl sites for hydroxylation is 2. The average molecular weight is 315 g/mol. The molecule has 0 spiro atoms. The zero-order valence-electron chi connectivity index (χ0n) is 13.3. The molecule has 0 saturated heterocycles. The molecule has 3 aromatic heterocycles. The number of fused-ring (bicyclic) bond motifs is 2. The summed E-state index contributed by atoms with van der Waals surface area (Å²) < 4.78 is 10.9. The van der Waals surface area contributed by atoms with Crippen molar-refractivity contribution >= 4 is 23.3 Å². The maximum absolute atomic E-state index is 5.47. The molecule has 0 bridgehead atoms. The maximum atomic E-state index is 5.47. The minimum Gasteiger partial charge on any atom is -0.465 e. The van der Waals surface area contributed by atoms with Crippen molar-refractivity contribution in [2.75, 3.05) is 0 Å². The van der Waals surface area contributed by atoms with Gasteiger partial charge in [-0.3, -0.25) is 0 Å². The van der Waals surface area contributed by atoms with Crippen LogP contribution in [0.5, 0.6) is 0 Å². The van der Waals surface area contributed by atoms with Crippen molar-refractivity contribution in [3.8, 4) is 0 Å². The highest BCUT2D eigenvalue weighted by molar-refractivity contribution is 5.87. The van der Waals surface area contributed by atoms with Crippen molar-refractivity contribution in [1.82, 2.24) is 4.98 Å². The monoisotopic (exact) mass is 315 g/mol. The lowest BCUT2D eigenvalue weighted by molar-refractivity contribution is 0.557. The predicted molar refractivity (Wildman–Crippen MR) is 94.0 cm³/mol. The molecule has 2 aliphatic carbocycles. The van der Waals surface area contributed by atoms with Crippen molar-refractivity contribution in [2.45, 2.75) is 25.7 Å². The van der Waals surface area contributed by atoms with Gasteiger partial charge in [-0.1, -0.05) is 6.07 Å². The second-order valence-electron chi connectivity index (χ2n) is 6.37. The molecule has 0 radical (unpaired) electrons. The minimum atomic E-state index is 0.895. The zero-order valence-corrected chi connectivity index (χ0v) is 13.3. The van der Waals surface area contributed by atoms with Crippen LogP contribution < -0.4 is 0 Å². The summed E-state index contributed by atoms with van der Waals surface area (Å²) in [6, 6.07) is 10.2. The number of hydrogen-bond donors (Lipinski definition) is 0. The molecule has 118 valence electrons. The lowest BCUT2D eigenvalue weighted by Gasteiger charge is -2.06. The van der Waals surface area contributed by atoms with Crippen LogP contribution >= 0.6 is 0 Å². The number of rotatable bonds is 2. The number of furan rings is 2. The first-order chi connectivity index (χ1) is 11.9. The minimum absolute atomic E-state index is 0.895. The quantitative estimate of drug-likeness (QED) is 0.649. The fourth-order valence-corrected chi connectivity index (χ4v) is 3.69. The lowest BCUT2D eigenvalue weighted by Crippen LogP contribution is -1.95. The summed E-state index contributed by atoms with van der Waals surface area (Å²) in [6.45, 7) is 0. The summed E-state index contributed by atoms with van der Waals surface area (Å²) >= 11 is 0. The van der Waals surface area contributed by atoms with Crippen molar-refractivity contribution in [2.24, 2.45) is 0 Å². The molecule has 0 atom stereocenters. The molecule has 0 saturated carbocycles. The molecule has 0 fully saturated rings. The van der Waals surface area contributed by atoms with E-state index in [4.69, 9.17) is 13.8 Å². The number of allylic oxidation sites excluding steroid dienone is 2. The van der Waals surface area contributed by atoms with Crippen LogP contribution in [-0.4, -0.2) is 4.98 Å². The van der Waals surface area contributed by atoms with E-state index in [2.05, 4.69) is 18.2 Å². The van der Waals surface area contributed by atoms with Crippen LogP contribution in [0.1, 0.15) is 46.9 Å². The van der Waals surface area contributed by atoms with Gasteiger partial charge in [0.1, 0.15) is 11.5 Å². The van der Waals surface area contributed by atoms with Crippen LogP contribution in [-0.2, 0) is 12.8 Å². The first-order valence-electron chi connectivity index (χ1n) is 8.38. The molecule has 3 aromatic rings. The molecule has 0 aromatic carbocycles. The van der Waals surface area contributed by atoms with Crippen molar-refractivity contribution in [3.05, 3.63) is 76.9 Å². The Balaban J connectivity index is 1.58. The fraction of sp³-hybridized carbons (Fsp3) is 0.190. The molecule has 3 heteroatoms. The molecule has 3 nitrogen and oxygen atoms in total. The summed E-state index contributed by atoms with van der Waals surface area (Å²) in [4.78, 5) is 5.04. The van der Waals surface area contributed by atoms with Crippen molar-refractivity contribution in [3.63, 3.8) is 0 Å². The van der Waals surface area contributed by atoms with Gasteiger partial charge in [-0.25, -0.2) is 4.98 Å². The van der Waals surface area contributed by atoms with Crippen molar-refractivity contribution in [1.29, 1.82) is 0 Å². The Labute approximate surface area is 140 Å². The van der Waals surface area contributed by atoms with Gasteiger partial charge in [-0.15, -0.1) is 0 Å². The van der Waals surface area contributed by atoms with E-state index in [1.807, 2.05) is 24.3 Å². The van der Waals surface area contributed by atoms with Gasteiger partial charge < -0.3 is 8.83 Å². The molecule has 0 N–H and O–H groups in total. The highest BCUT2D eigenvalue weighted by atomic mass is 16.3. The zero-order chi connectivity index (χ0) is 15.9. The van der Waals surface area contributed by atoms with Gasteiger partial charge in [0.15, 0.2) is 0 Å². The van der Waals surface area contributed by atoms with Crippen LogP contribution in [0.25, 0.3) is 23.3 Å². The van der Waals surface area contributed by atoms with E-state index in [-0.39, 0.29) is 0 Å². The summed E-state index contributed by atoms with van der Waals surface area (Å²) in [7, 11) is 0. The van der Waals surface area contributed by atoms with Crippen LogP contribution in [0.2, 0.25) is 0 Å². The Morgan fingerprint density at radius 3 is 1.75 bits per heavy atom. The van der Waals surface area contributed by atoms with E-state index >= 15 is 0 Å². The van der Waals surface area contributed by atoms with Crippen LogP contribution in [0.3, 0.4) is 0 Å². The van der Waals surface area contributed by atoms with Gasteiger partial charge in [0.25, 0.3) is 0 Å². The maximum Gasteiger partial charge on any atom is 0.126 e. The molecular weight excluding hydrogens is 298 g/mol. The molecule has 2 aliphatic rings. The highest BCUT2D eigenvalue weighted by Crippen LogP contribution is 2.39. The van der Waals surface area contributed by atoms with Crippen molar-refractivity contribution < 1.29 is 8.83 Å². The summed E-state index contributed by atoms with van der Waals surface area (Å²) in [5, 5.41) is 0. The van der Waals surface area contributed by atoms with Gasteiger partial charge >= 0.3 is 0 Å². The molecule has 0 unspecified atom stereocenters. The molecule has 0 aliphatic heterocycles. The van der Waals surface area contributed by atoms with E-state index in [9.17, 15) is 0 Å². The third-order valence-corrected chi connectivity index (χ3v) is 4.84. The largest absolute Gasteiger partial charge is 0.465 e. The van der Waals surface area contributed by atoms with Gasteiger partial charge in [-0.05, 0) is 84.4 Å². The third kappa shape index (κ3) is 2.24. The third-order valence-electron chi connectivity index (χ3n) is 4.84. The van der Waals surface area contributed by atoms with Gasteiger partial charge in [-0.2, -0.15) is 0 Å². The average Bonchev–Trinajstić information content (AvgIpc) is 3.37. The summed E-state index contributed by atoms with van der Waals surface area (Å²) in [5.74, 6) is 1.79. The van der Waals surface area contributed by atoms with Crippen LogP contribution in [0, 0.1) is 0 Å². The second kappa shape index (κ2) is 5.38. The first kappa shape index (κ1) is 13.6. The first-order valence-corrected chi connectivity index (χ1v) is 8.38. The second-order valence-corrected chi connectivity index (χ2v) is 6.37. The van der Waals surface area contributed by atoms with Crippen LogP contribution in [0.4, 0.5) is 0 Å². The fourth-order valence-electron chi connectivity index (χ4n) is 3.69. The molecule has 24 heavy (non-hydrogen) atoms. The van der Waals surface area contributed by atoms with Gasteiger partial charge in [0.05, 0.1) is 23.9 Å². The summed E-state index contributed by atoms with van der Waals surface area (Å²) in [6.07, 6.45) is 11.9. The predicted octanol–water partition coefficient (Wildman–Crippen LogP) is 5.24. The van der Waals surface area contributed by atoms with Crippen LogP contribution in [0.15, 0.2) is 51.7 Å².